The van der Waals surface area contributed by atoms with Crippen LogP contribution in [0.25, 0.3) is 0 Å². The highest BCUT2D eigenvalue weighted by Crippen LogP contribution is 2.24. The third kappa shape index (κ3) is 5.56. The molecule has 2 aliphatic heterocycles. The molecular weight excluding hydrogens is 401 g/mol. The molecule has 30 heavy (non-hydrogen) atoms. The van der Waals surface area contributed by atoms with E-state index >= 15 is 0 Å². The summed E-state index contributed by atoms with van der Waals surface area (Å²) >= 11 is 0. The van der Waals surface area contributed by atoms with E-state index in [1.54, 1.807) is 7.05 Å². The van der Waals surface area contributed by atoms with Gasteiger partial charge in [0.2, 0.25) is 5.91 Å². The molecule has 0 aromatic heterocycles. The highest BCUT2D eigenvalue weighted by Gasteiger charge is 2.30. The first-order valence-corrected chi connectivity index (χ1v) is 10.0. The van der Waals surface area contributed by atoms with Gasteiger partial charge in [0.25, 0.3) is 0 Å². The summed E-state index contributed by atoms with van der Waals surface area (Å²) in [7, 11) is 1.60. The summed E-state index contributed by atoms with van der Waals surface area (Å²) in [6, 6.07) is 3.82. The topological polar surface area (TPSA) is 66.4 Å². The summed E-state index contributed by atoms with van der Waals surface area (Å²) in [5, 5.41) is 3.02. The first-order valence-electron chi connectivity index (χ1n) is 10.0. The van der Waals surface area contributed by atoms with Gasteiger partial charge in [0.05, 0.1) is 13.2 Å². The average molecular weight is 428 g/mol. The molecule has 1 N–H and O–H groups in total. The van der Waals surface area contributed by atoms with Gasteiger partial charge in [-0.25, -0.2) is 4.39 Å². The fourth-order valence-electron chi connectivity index (χ4n) is 3.80. The normalized spacial score (nSPS) is 18.6. The second-order valence-electron chi connectivity index (χ2n) is 7.19. The van der Waals surface area contributed by atoms with Crippen molar-refractivity contribution >= 4 is 11.9 Å². The van der Waals surface area contributed by atoms with Crippen LogP contribution < -0.4 is 10.1 Å². The number of aliphatic imine (C=N–C) groups is 1. The van der Waals surface area contributed by atoms with Crippen molar-refractivity contribution in [3.05, 3.63) is 29.6 Å². The Morgan fingerprint density at radius 1 is 1.23 bits per heavy atom. The van der Waals surface area contributed by atoms with Gasteiger partial charge in [-0.1, -0.05) is 6.07 Å². The second kappa shape index (κ2) is 10.5. The number of alkyl halides is 2. The van der Waals surface area contributed by atoms with E-state index in [1.807, 2.05) is 9.80 Å². The molecule has 0 unspecified atom stereocenters. The lowest BCUT2D eigenvalue weighted by molar-refractivity contribution is -0.140. The smallest absolute Gasteiger partial charge is 0.387 e. The quantitative estimate of drug-likeness (QED) is 0.575. The molecule has 1 aromatic rings. The van der Waals surface area contributed by atoms with Crippen LogP contribution >= 0.6 is 0 Å². The van der Waals surface area contributed by atoms with Crippen molar-refractivity contribution < 1.29 is 27.4 Å². The van der Waals surface area contributed by atoms with Crippen molar-refractivity contribution in [2.75, 3.05) is 46.4 Å². The number of rotatable bonds is 5. The minimum atomic E-state index is -3.03. The largest absolute Gasteiger partial charge is 0.434 e. The number of hydrogen-bond donors (Lipinski definition) is 1. The maximum atomic E-state index is 14.1. The standard InChI is InChI=1S/C20H27F3N4O3/c1-24-20(25-13-15-16(21)3-2-4-17(15)30-19(22)23)27-7-5-14(6-8-27)18(28)26-9-11-29-12-10-26/h2-4,14,19H,5-13H2,1H3,(H,24,25). The number of halogens is 3. The van der Waals surface area contributed by atoms with Crippen molar-refractivity contribution in [2.45, 2.75) is 26.0 Å². The molecule has 7 nitrogen and oxygen atoms in total. The molecule has 10 heteroatoms. The van der Waals surface area contributed by atoms with Crippen molar-refractivity contribution in [1.82, 2.24) is 15.1 Å². The number of hydrogen-bond acceptors (Lipinski definition) is 4. The van der Waals surface area contributed by atoms with Crippen LogP contribution in [0.3, 0.4) is 0 Å². The lowest BCUT2D eigenvalue weighted by atomic mass is 9.95. The van der Waals surface area contributed by atoms with Gasteiger partial charge in [-0.2, -0.15) is 8.78 Å². The van der Waals surface area contributed by atoms with Crippen molar-refractivity contribution in [3.8, 4) is 5.75 Å². The van der Waals surface area contributed by atoms with Crippen molar-refractivity contribution in [3.63, 3.8) is 0 Å². The zero-order valence-corrected chi connectivity index (χ0v) is 17.0. The van der Waals surface area contributed by atoms with E-state index in [-0.39, 0.29) is 29.7 Å². The van der Waals surface area contributed by atoms with Crippen molar-refractivity contribution in [1.29, 1.82) is 0 Å². The molecule has 1 aromatic carbocycles. The van der Waals surface area contributed by atoms with Crippen LogP contribution in [-0.4, -0.2) is 74.7 Å². The Balaban J connectivity index is 1.55. The van der Waals surface area contributed by atoms with Crippen LogP contribution in [0.1, 0.15) is 18.4 Å². The fourth-order valence-corrected chi connectivity index (χ4v) is 3.80. The number of amides is 1. The van der Waals surface area contributed by atoms with E-state index in [1.165, 1.54) is 18.2 Å². The Labute approximate surface area is 173 Å². The number of carbonyl (C=O) groups excluding carboxylic acids is 1. The summed E-state index contributed by atoms with van der Waals surface area (Å²) < 4.78 is 49.0. The van der Waals surface area contributed by atoms with E-state index in [0.29, 0.717) is 58.2 Å². The molecule has 0 atom stereocenters. The predicted octanol–water partition coefficient (Wildman–Crippen LogP) is 2.07. The minimum Gasteiger partial charge on any atom is -0.434 e. The lowest BCUT2D eigenvalue weighted by Crippen LogP contribution is -2.49. The van der Waals surface area contributed by atoms with E-state index in [0.717, 1.165) is 0 Å². The van der Waals surface area contributed by atoms with Gasteiger partial charge in [-0.15, -0.1) is 0 Å². The van der Waals surface area contributed by atoms with Gasteiger partial charge in [-0.05, 0) is 25.0 Å². The minimum absolute atomic E-state index is 0.0105. The van der Waals surface area contributed by atoms with E-state index in [4.69, 9.17) is 4.74 Å². The number of guanidine groups is 1. The number of carbonyl (C=O) groups is 1. The van der Waals surface area contributed by atoms with Gasteiger partial charge < -0.3 is 24.6 Å². The SMILES string of the molecule is CN=C(NCc1c(F)cccc1OC(F)F)N1CCC(C(=O)N2CCOCC2)CC1. The summed E-state index contributed by atoms with van der Waals surface area (Å²) in [4.78, 5) is 20.7. The summed E-state index contributed by atoms with van der Waals surface area (Å²) in [6.07, 6.45) is 1.38. The summed E-state index contributed by atoms with van der Waals surface area (Å²) in [5.74, 6) is -0.177. The number of nitrogens with one attached hydrogen (secondary N) is 1. The first-order chi connectivity index (χ1) is 14.5. The molecule has 0 radical (unpaired) electrons. The Morgan fingerprint density at radius 3 is 2.57 bits per heavy atom. The molecule has 1 amide bonds. The monoisotopic (exact) mass is 428 g/mol. The second-order valence-corrected chi connectivity index (χ2v) is 7.19. The van der Waals surface area contributed by atoms with Gasteiger partial charge in [0.1, 0.15) is 11.6 Å². The van der Waals surface area contributed by atoms with Crippen LogP contribution in [-0.2, 0) is 16.1 Å². The lowest BCUT2D eigenvalue weighted by Gasteiger charge is -2.36. The molecule has 166 valence electrons. The Kier molecular flexibility index (Phi) is 7.78. The fraction of sp³-hybridized carbons (Fsp3) is 0.600. The van der Waals surface area contributed by atoms with Crippen LogP contribution in [0.5, 0.6) is 5.75 Å². The zero-order valence-electron chi connectivity index (χ0n) is 17.0. The molecule has 2 fully saturated rings. The first kappa shape index (κ1) is 22.2. The summed E-state index contributed by atoms with van der Waals surface area (Å²) in [5.41, 5.74) is 0.0105. The van der Waals surface area contributed by atoms with Crippen LogP contribution in [0, 0.1) is 11.7 Å². The van der Waals surface area contributed by atoms with Crippen LogP contribution in [0.15, 0.2) is 23.2 Å². The number of morpholine rings is 1. The molecule has 2 saturated heterocycles. The Hall–Kier alpha value is -2.49. The van der Waals surface area contributed by atoms with Gasteiger partial charge in [0, 0.05) is 51.3 Å². The predicted molar refractivity (Wildman–Crippen MR) is 105 cm³/mol. The number of ether oxygens (including phenoxy) is 2. The molecule has 3 rings (SSSR count). The molecule has 0 bridgehead atoms. The third-order valence-electron chi connectivity index (χ3n) is 5.39. The van der Waals surface area contributed by atoms with Gasteiger partial charge in [-0.3, -0.25) is 9.79 Å². The molecule has 0 saturated carbocycles. The maximum absolute atomic E-state index is 14.1. The van der Waals surface area contributed by atoms with Gasteiger partial charge >= 0.3 is 6.61 Å². The number of likely N-dealkylation sites (tertiary alicyclic amines) is 1. The van der Waals surface area contributed by atoms with E-state index < -0.39 is 12.4 Å². The third-order valence-corrected chi connectivity index (χ3v) is 5.39. The number of piperidine rings is 1. The molecule has 2 aliphatic rings. The number of nitrogens with zero attached hydrogens (tertiary/aromatic N) is 3. The highest BCUT2D eigenvalue weighted by molar-refractivity contribution is 5.82. The highest BCUT2D eigenvalue weighted by atomic mass is 19.3. The van der Waals surface area contributed by atoms with E-state index in [2.05, 4.69) is 15.0 Å². The Morgan fingerprint density at radius 2 is 1.93 bits per heavy atom. The summed E-state index contributed by atoms with van der Waals surface area (Å²) in [6.45, 7) is 0.586. The van der Waals surface area contributed by atoms with Crippen molar-refractivity contribution in [2.24, 2.45) is 10.9 Å². The molecular formula is C20H27F3N4O3. The molecule has 0 aliphatic carbocycles. The van der Waals surface area contributed by atoms with E-state index in [9.17, 15) is 18.0 Å². The van der Waals surface area contributed by atoms with Gasteiger partial charge in [0.15, 0.2) is 5.96 Å². The molecule has 2 heterocycles. The zero-order chi connectivity index (χ0) is 21.5. The number of benzene rings is 1. The Bertz CT molecular complexity index is 749. The maximum Gasteiger partial charge on any atom is 0.387 e. The average Bonchev–Trinajstić information content (AvgIpc) is 2.76. The van der Waals surface area contributed by atoms with Crippen LogP contribution in [0.4, 0.5) is 13.2 Å². The molecule has 0 spiro atoms. The van der Waals surface area contributed by atoms with Crippen LogP contribution in [0.2, 0.25) is 0 Å².